The Kier molecular flexibility index (Phi) is 5.69. The topological polar surface area (TPSA) is 27.7 Å². The van der Waals surface area contributed by atoms with Crippen LogP contribution in [-0.4, -0.2) is 14.2 Å². The Balaban J connectivity index is 2.25. The molecule has 0 aliphatic carbocycles. The summed E-state index contributed by atoms with van der Waals surface area (Å²) in [5, 5.41) is 0. The number of hydrogen-bond donors (Lipinski definition) is 0. The molecule has 0 unspecified atom stereocenters. The highest BCUT2D eigenvalue weighted by Gasteiger charge is 2.12. The number of benzene rings is 2. The van der Waals surface area contributed by atoms with Gasteiger partial charge in [-0.3, -0.25) is 0 Å². The minimum Gasteiger partial charge on any atom is -0.504 e. The van der Waals surface area contributed by atoms with E-state index in [1.807, 2.05) is 48.5 Å². The Hall–Kier alpha value is -1.94. The zero-order chi connectivity index (χ0) is 15.1. The monoisotopic (exact) mass is 348 g/mol. The van der Waals surface area contributed by atoms with Crippen LogP contribution in [0, 0.1) is 0 Å². The van der Waals surface area contributed by atoms with Gasteiger partial charge in [0, 0.05) is 10.0 Å². The van der Waals surface area contributed by atoms with Crippen LogP contribution in [0.4, 0.5) is 0 Å². The molecule has 0 saturated heterocycles. The molecule has 0 aliphatic heterocycles. The molecule has 3 nitrogen and oxygen atoms in total. The maximum atomic E-state index is 5.87. The molecule has 0 amide bonds. The van der Waals surface area contributed by atoms with Crippen LogP contribution < -0.4 is 9.47 Å². The van der Waals surface area contributed by atoms with Gasteiger partial charge in [-0.05, 0) is 23.8 Å². The second-order valence-electron chi connectivity index (χ2n) is 4.31. The third kappa shape index (κ3) is 4.02. The molecule has 2 aromatic rings. The van der Waals surface area contributed by atoms with Crippen molar-refractivity contribution in [2.75, 3.05) is 14.2 Å². The van der Waals surface area contributed by atoms with Crippen LogP contribution >= 0.6 is 15.9 Å². The summed E-state index contributed by atoms with van der Waals surface area (Å²) in [7, 11) is 3.23. The van der Waals surface area contributed by atoms with Gasteiger partial charge in [0.25, 0.3) is 0 Å². The van der Waals surface area contributed by atoms with Crippen molar-refractivity contribution in [1.29, 1.82) is 0 Å². The third-order valence-electron chi connectivity index (χ3n) is 2.92. The molecule has 0 spiro atoms. The Bertz CT molecular complexity index is 609. The summed E-state index contributed by atoms with van der Waals surface area (Å²) in [4.78, 5) is 0. The largest absolute Gasteiger partial charge is 0.504 e. The van der Waals surface area contributed by atoms with Crippen LogP contribution in [0.25, 0.3) is 6.08 Å². The first-order valence-corrected chi connectivity index (χ1v) is 7.28. The summed E-state index contributed by atoms with van der Waals surface area (Å²) in [6, 6.07) is 13.8. The molecule has 2 aromatic carbocycles. The summed E-state index contributed by atoms with van der Waals surface area (Å²) in [6.45, 7) is 0.492. The molecule has 0 fully saturated rings. The van der Waals surface area contributed by atoms with Crippen molar-refractivity contribution in [3.63, 3.8) is 0 Å². The van der Waals surface area contributed by atoms with Crippen LogP contribution in [0.5, 0.6) is 11.5 Å². The minimum absolute atomic E-state index is 0.492. The van der Waals surface area contributed by atoms with E-state index in [9.17, 15) is 0 Å². The van der Waals surface area contributed by atoms with Crippen molar-refractivity contribution in [2.45, 2.75) is 6.61 Å². The predicted molar refractivity (Wildman–Crippen MR) is 87.5 cm³/mol. The lowest BCUT2D eigenvalue weighted by Crippen LogP contribution is -1.99. The maximum absolute atomic E-state index is 5.87. The van der Waals surface area contributed by atoms with Gasteiger partial charge in [-0.2, -0.15) is 0 Å². The van der Waals surface area contributed by atoms with Gasteiger partial charge in [0.15, 0.2) is 11.5 Å². The summed E-state index contributed by atoms with van der Waals surface area (Å²) in [5.74, 6) is 1.37. The second-order valence-corrected chi connectivity index (χ2v) is 5.16. The Morgan fingerprint density at radius 3 is 2.48 bits per heavy atom. The molecule has 0 aliphatic rings. The Morgan fingerprint density at radius 2 is 1.81 bits per heavy atom. The molecule has 0 heterocycles. The van der Waals surface area contributed by atoms with Crippen LogP contribution in [0.1, 0.15) is 11.1 Å². The average Bonchev–Trinajstić information content (AvgIpc) is 2.53. The quantitative estimate of drug-likeness (QED) is 0.711. The molecule has 0 atom stereocenters. The van der Waals surface area contributed by atoms with Gasteiger partial charge >= 0.3 is 0 Å². The van der Waals surface area contributed by atoms with Gasteiger partial charge in [0.05, 0.1) is 20.5 Å². The lowest BCUT2D eigenvalue weighted by Gasteiger charge is -2.14. The molecule has 110 valence electrons. The molecule has 0 N–H and O–H groups in total. The molecule has 21 heavy (non-hydrogen) atoms. The molecule has 0 saturated carbocycles. The Labute approximate surface area is 133 Å². The van der Waals surface area contributed by atoms with Gasteiger partial charge < -0.3 is 14.2 Å². The van der Waals surface area contributed by atoms with E-state index in [1.54, 1.807) is 20.5 Å². The molecule has 2 rings (SSSR count). The number of methoxy groups -OCH3 is 2. The first kappa shape index (κ1) is 15.4. The van der Waals surface area contributed by atoms with Crippen molar-refractivity contribution in [1.82, 2.24) is 0 Å². The van der Waals surface area contributed by atoms with Crippen LogP contribution in [-0.2, 0) is 11.3 Å². The first-order valence-electron chi connectivity index (χ1n) is 6.49. The van der Waals surface area contributed by atoms with E-state index < -0.39 is 0 Å². The highest BCUT2D eigenvalue weighted by molar-refractivity contribution is 9.10. The van der Waals surface area contributed by atoms with E-state index in [0.717, 1.165) is 15.6 Å². The van der Waals surface area contributed by atoms with E-state index in [0.29, 0.717) is 18.1 Å². The molecular weight excluding hydrogens is 332 g/mol. The van der Waals surface area contributed by atoms with Gasteiger partial charge in [0.2, 0.25) is 0 Å². The summed E-state index contributed by atoms with van der Waals surface area (Å²) >= 11 is 3.51. The van der Waals surface area contributed by atoms with E-state index in [4.69, 9.17) is 14.2 Å². The zero-order valence-electron chi connectivity index (χ0n) is 12.0. The van der Waals surface area contributed by atoms with Crippen LogP contribution in [0.2, 0.25) is 0 Å². The first-order chi connectivity index (χ1) is 10.3. The van der Waals surface area contributed by atoms with E-state index in [2.05, 4.69) is 15.9 Å². The van der Waals surface area contributed by atoms with Crippen molar-refractivity contribution in [3.05, 3.63) is 64.3 Å². The number of rotatable bonds is 6. The van der Waals surface area contributed by atoms with E-state index in [1.165, 1.54) is 0 Å². The predicted octanol–water partition coefficient (Wildman–Crippen LogP) is 4.65. The van der Waals surface area contributed by atoms with E-state index >= 15 is 0 Å². The minimum atomic E-state index is 0.492. The number of ether oxygens (including phenoxy) is 3. The summed E-state index contributed by atoms with van der Waals surface area (Å²) in [5.41, 5.74) is 1.99. The summed E-state index contributed by atoms with van der Waals surface area (Å²) in [6.07, 6.45) is 3.43. The van der Waals surface area contributed by atoms with Gasteiger partial charge in [-0.15, -0.1) is 0 Å². The molecule has 0 aromatic heterocycles. The van der Waals surface area contributed by atoms with Crippen molar-refractivity contribution < 1.29 is 14.2 Å². The number of halogens is 1. The fraction of sp³-hybridized carbons (Fsp3) is 0.176. The second kappa shape index (κ2) is 7.74. The standard InChI is InChI=1S/C17H17BrO3/c1-19-11-10-14-15(18)8-9-16(17(14)20-2)21-12-13-6-4-3-5-7-13/h3-11H,12H2,1-2H3/b11-10+. The normalized spacial score (nSPS) is 10.6. The Morgan fingerprint density at radius 1 is 1.05 bits per heavy atom. The number of hydrogen-bond acceptors (Lipinski definition) is 3. The van der Waals surface area contributed by atoms with Gasteiger partial charge in [-0.25, -0.2) is 0 Å². The van der Waals surface area contributed by atoms with Crippen LogP contribution in [0.15, 0.2) is 53.2 Å². The summed E-state index contributed by atoms with van der Waals surface area (Å²) < 4.78 is 17.2. The highest BCUT2D eigenvalue weighted by atomic mass is 79.9. The fourth-order valence-electron chi connectivity index (χ4n) is 1.91. The highest BCUT2D eigenvalue weighted by Crippen LogP contribution is 2.37. The van der Waals surface area contributed by atoms with Crippen molar-refractivity contribution in [3.8, 4) is 11.5 Å². The molecule has 0 radical (unpaired) electrons. The lowest BCUT2D eigenvalue weighted by atomic mass is 10.2. The molecular formula is C17H17BrO3. The molecule has 0 bridgehead atoms. The SMILES string of the molecule is CO/C=C/c1c(Br)ccc(OCc2ccccc2)c1OC. The van der Waals surface area contributed by atoms with Gasteiger partial charge in [0.1, 0.15) is 6.61 Å². The average molecular weight is 349 g/mol. The molecule has 4 heteroatoms. The van der Waals surface area contributed by atoms with E-state index in [-0.39, 0.29) is 0 Å². The maximum Gasteiger partial charge on any atom is 0.169 e. The van der Waals surface area contributed by atoms with Crippen molar-refractivity contribution in [2.24, 2.45) is 0 Å². The van der Waals surface area contributed by atoms with Crippen LogP contribution in [0.3, 0.4) is 0 Å². The zero-order valence-corrected chi connectivity index (χ0v) is 13.6. The smallest absolute Gasteiger partial charge is 0.169 e. The third-order valence-corrected chi connectivity index (χ3v) is 3.61. The fourth-order valence-corrected chi connectivity index (χ4v) is 2.35. The van der Waals surface area contributed by atoms with Gasteiger partial charge in [-0.1, -0.05) is 46.3 Å². The lowest BCUT2D eigenvalue weighted by molar-refractivity contribution is 0.284. The van der Waals surface area contributed by atoms with Crippen molar-refractivity contribution >= 4 is 22.0 Å².